The van der Waals surface area contributed by atoms with Gasteiger partial charge in [0, 0.05) is 6.07 Å². The Hall–Kier alpha value is -2.48. The van der Waals surface area contributed by atoms with Gasteiger partial charge in [0.2, 0.25) is 10.0 Å². The van der Waals surface area contributed by atoms with Crippen LogP contribution in [0.2, 0.25) is 0 Å². The Balaban J connectivity index is 2.20. The van der Waals surface area contributed by atoms with E-state index in [0.717, 1.165) is 6.26 Å². The molecule has 0 bridgehead atoms. The highest BCUT2D eigenvalue weighted by Gasteiger charge is 2.07. The number of sulfonamides is 1. The van der Waals surface area contributed by atoms with Crippen molar-refractivity contribution in [3.05, 3.63) is 36.5 Å². The van der Waals surface area contributed by atoms with Gasteiger partial charge in [-0.05, 0) is 24.3 Å². The van der Waals surface area contributed by atoms with Crippen molar-refractivity contribution in [1.82, 2.24) is 4.98 Å². The molecule has 0 saturated heterocycles. The molecule has 1 heterocycles. The summed E-state index contributed by atoms with van der Waals surface area (Å²) in [4.78, 5) is 4.15. The van der Waals surface area contributed by atoms with Crippen molar-refractivity contribution in [3.8, 4) is 11.5 Å². The fourth-order valence-corrected chi connectivity index (χ4v) is 2.34. The molecule has 0 unspecified atom stereocenters. The fraction of sp³-hybridized carbons (Fsp3) is 0.214. The van der Waals surface area contributed by atoms with Gasteiger partial charge in [-0.2, -0.15) is 0 Å². The van der Waals surface area contributed by atoms with Gasteiger partial charge < -0.3 is 14.8 Å². The van der Waals surface area contributed by atoms with Gasteiger partial charge >= 0.3 is 0 Å². The minimum absolute atomic E-state index is 0.394. The summed E-state index contributed by atoms with van der Waals surface area (Å²) in [5.41, 5.74) is 1.09. The van der Waals surface area contributed by atoms with Crippen LogP contribution in [0.15, 0.2) is 36.5 Å². The largest absolute Gasteiger partial charge is 0.497 e. The minimum Gasteiger partial charge on any atom is -0.497 e. The van der Waals surface area contributed by atoms with Crippen molar-refractivity contribution in [3.63, 3.8) is 0 Å². The molecule has 0 aliphatic heterocycles. The Morgan fingerprint density at radius 3 is 2.41 bits per heavy atom. The molecule has 0 atom stereocenters. The summed E-state index contributed by atoms with van der Waals surface area (Å²) in [6, 6.07) is 8.62. The standard InChI is InChI=1S/C14H17N3O4S/c1-20-11-5-6-13(21-2)12(8-11)16-14-7-4-10(9-15-14)17-22(3,18)19/h4-9,17H,1-3H3,(H,15,16). The number of hydrogen-bond donors (Lipinski definition) is 2. The number of rotatable bonds is 6. The molecular formula is C14H17N3O4S. The molecule has 0 aliphatic carbocycles. The zero-order chi connectivity index (χ0) is 16.2. The summed E-state index contributed by atoms with van der Waals surface area (Å²) >= 11 is 0. The van der Waals surface area contributed by atoms with Crippen molar-refractivity contribution < 1.29 is 17.9 Å². The quantitative estimate of drug-likeness (QED) is 0.847. The summed E-state index contributed by atoms with van der Waals surface area (Å²) in [7, 11) is -0.168. The molecule has 2 aromatic rings. The number of ether oxygens (including phenoxy) is 2. The number of nitrogens with one attached hydrogen (secondary N) is 2. The number of benzene rings is 1. The zero-order valence-electron chi connectivity index (χ0n) is 12.5. The van der Waals surface area contributed by atoms with Gasteiger partial charge in [-0.25, -0.2) is 13.4 Å². The van der Waals surface area contributed by atoms with Crippen molar-refractivity contribution in [2.45, 2.75) is 0 Å². The van der Waals surface area contributed by atoms with Crippen LogP contribution in [0.3, 0.4) is 0 Å². The minimum atomic E-state index is -3.32. The lowest BCUT2D eigenvalue weighted by molar-refractivity contribution is 0.405. The molecule has 0 radical (unpaired) electrons. The van der Waals surface area contributed by atoms with Crippen LogP contribution >= 0.6 is 0 Å². The van der Waals surface area contributed by atoms with Gasteiger partial charge in [0.25, 0.3) is 0 Å². The predicted molar refractivity (Wildman–Crippen MR) is 85.5 cm³/mol. The van der Waals surface area contributed by atoms with E-state index in [2.05, 4.69) is 15.0 Å². The maximum absolute atomic E-state index is 11.1. The van der Waals surface area contributed by atoms with Gasteiger partial charge in [-0.15, -0.1) is 0 Å². The van der Waals surface area contributed by atoms with Crippen molar-refractivity contribution in [2.75, 3.05) is 30.5 Å². The lowest BCUT2D eigenvalue weighted by Crippen LogP contribution is -2.09. The summed E-state index contributed by atoms with van der Waals surface area (Å²) < 4.78 is 35.1. The molecule has 0 saturated carbocycles. The van der Waals surface area contributed by atoms with E-state index in [4.69, 9.17) is 9.47 Å². The molecule has 118 valence electrons. The van der Waals surface area contributed by atoms with E-state index in [1.165, 1.54) is 6.20 Å². The van der Waals surface area contributed by atoms with Crippen molar-refractivity contribution >= 4 is 27.2 Å². The molecule has 1 aromatic heterocycles. The monoisotopic (exact) mass is 323 g/mol. The molecule has 22 heavy (non-hydrogen) atoms. The van der Waals surface area contributed by atoms with Crippen LogP contribution in [-0.4, -0.2) is 33.9 Å². The second kappa shape index (κ2) is 6.52. The number of hydrogen-bond acceptors (Lipinski definition) is 6. The highest BCUT2D eigenvalue weighted by atomic mass is 32.2. The second-order valence-corrected chi connectivity index (χ2v) is 6.25. The average Bonchev–Trinajstić information content (AvgIpc) is 2.47. The molecule has 7 nitrogen and oxygen atoms in total. The summed E-state index contributed by atoms with van der Waals surface area (Å²) in [5.74, 6) is 1.87. The van der Waals surface area contributed by atoms with E-state index in [9.17, 15) is 8.42 Å². The maximum Gasteiger partial charge on any atom is 0.229 e. The molecule has 8 heteroatoms. The first-order valence-corrected chi connectivity index (χ1v) is 8.23. The highest BCUT2D eigenvalue weighted by molar-refractivity contribution is 7.92. The Bertz CT molecular complexity index is 745. The lowest BCUT2D eigenvalue weighted by atomic mass is 10.2. The van der Waals surface area contributed by atoms with Crippen LogP contribution in [0.5, 0.6) is 11.5 Å². The van der Waals surface area contributed by atoms with Gasteiger partial charge in [0.1, 0.15) is 17.3 Å². The van der Waals surface area contributed by atoms with E-state index < -0.39 is 10.0 Å². The van der Waals surface area contributed by atoms with Gasteiger partial charge in [-0.1, -0.05) is 0 Å². The summed E-state index contributed by atoms with van der Waals surface area (Å²) in [6.07, 6.45) is 2.51. The van der Waals surface area contributed by atoms with E-state index in [-0.39, 0.29) is 0 Å². The Morgan fingerprint density at radius 2 is 1.86 bits per heavy atom. The normalized spacial score (nSPS) is 10.9. The first-order valence-electron chi connectivity index (χ1n) is 6.34. The second-order valence-electron chi connectivity index (χ2n) is 4.50. The smallest absolute Gasteiger partial charge is 0.229 e. The zero-order valence-corrected chi connectivity index (χ0v) is 13.3. The van der Waals surface area contributed by atoms with Crippen LogP contribution in [-0.2, 0) is 10.0 Å². The molecule has 0 aliphatic rings. The molecular weight excluding hydrogens is 306 g/mol. The number of nitrogens with zero attached hydrogens (tertiary/aromatic N) is 1. The van der Waals surface area contributed by atoms with Crippen molar-refractivity contribution in [1.29, 1.82) is 0 Å². The molecule has 0 spiro atoms. The number of pyridine rings is 1. The van der Waals surface area contributed by atoms with E-state index in [0.29, 0.717) is 28.7 Å². The first kappa shape index (κ1) is 15.9. The van der Waals surface area contributed by atoms with Crippen LogP contribution in [0.4, 0.5) is 17.2 Å². The van der Waals surface area contributed by atoms with Crippen molar-refractivity contribution in [2.24, 2.45) is 0 Å². The molecule has 2 rings (SSSR count). The number of aromatic nitrogens is 1. The topological polar surface area (TPSA) is 89.5 Å². The third-order valence-electron chi connectivity index (χ3n) is 2.74. The molecule has 1 aromatic carbocycles. The molecule has 2 N–H and O–H groups in total. The fourth-order valence-electron chi connectivity index (χ4n) is 1.79. The van der Waals surface area contributed by atoms with E-state index in [1.807, 2.05) is 0 Å². The lowest BCUT2D eigenvalue weighted by Gasteiger charge is -2.12. The van der Waals surface area contributed by atoms with Crippen LogP contribution in [0.25, 0.3) is 0 Å². The Morgan fingerprint density at radius 1 is 1.09 bits per heavy atom. The summed E-state index contributed by atoms with van der Waals surface area (Å²) in [5, 5.41) is 3.09. The SMILES string of the molecule is COc1ccc(OC)c(Nc2ccc(NS(C)(=O)=O)cn2)c1. The Kier molecular flexibility index (Phi) is 4.71. The highest BCUT2D eigenvalue weighted by Crippen LogP contribution is 2.31. The van der Waals surface area contributed by atoms with Crippen LogP contribution in [0, 0.1) is 0 Å². The Labute approximate surface area is 129 Å². The van der Waals surface area contributed by atoms with Crippen LogP contribution in [0.1, 0.15) is 0 Å². The predicted octanol–water partition coefficient (Wildman–Crippen LogP) is 2.21. The number of methoxy groups -OCH3 is 2. The van der Waals surface area contributed by atoms with E-state index >= 15 is 0 Å². The number of anilines is 3. The van der Waals surface area contributed by atoms with Crippen LogP contribution < -0.4 is 19.5 Å². The summed E-state index contributed by atoms with van der Waals surface area (Å²) in [6.45, 7) is 0. The van der Waals surface area contributed by atoms with Gasteiger partial charge in [0.05, 0.1) is 38.0 Å². The van der Waals surface area contributed by atoms with Gasteiger partial charge in [0.15, 0.2) is 0 Å². The molecule has 0 fully saturated rings. The molecule has 0 amide bonds. The van der Waals surface area contributed by atoms with E-state index in [1.54, 1.807) is 44.6 Å². The van der Waals surface area contributed by atoms with Gasteiger partial charge in [-0.3, -0.25) is 4.72 Å². The third-order valence-corrected chi connectivity index (χ3v) is 3.34. The average molecular weight is 323 g/mol. The first-order chi connectivity index (χ1) is 10.4. The third kappa shape index (κ3) is 4.26. The maximum atomic E-state index is 11.1.